The standard InChI is InChI=1S/C14H19NO4S/c1-20(16,17)13-7-12-11(18-9-19-12)6-10(13)14(8-15)4-2-3-5-14/h6-7H,2-5,8-9,15H2,1H3. The highest BCUT2D eigenvalue weighted by Gasteiger charge is 2.39. The molecular formula is C14H19NO4S. The van der Waals surface area contributed by atoms with Crippen molar-refractivity contribution in [1.29, 1.82) is 0 Å². The number of sulfone groups is 1. The minimum atomic E-state index is -3.33. The Labute approximate surface area is 119 Å². The normalized spacial score (nSPS) is 20.3. The smallest absolute Gasteiger partial charge is 0.231 e. The Hall–Kier alpha value is -1.27. The quantitative estimate of drug-likeness (QED) is 0.916. The second-order valence-corrected chi connectivity index (χ2v) is 7.65. The number of benzene rings is 1. The summed E-state index contributed by atoms with van der Waals surface area (Å²) in [4.78, 5) is 0.328. The molecule has 2 N–H and O–H groups in total. The lowest BCUT2D eigenvalue weighted by atomic mass is 9.79. The summed E-state index contributed by atoms with van der Waals surface area (Å²) in [6.07, 6.45) is 5.23. The van der Waals surface area contributed by atoms with Crippen molar-refractivity contribution >= 4 is 9.84 Å². The second kappa shape index (κ2) is 4.63. The number of hydrogen-bond acceptors (Lipinski definition) is 5. The molecular weight excluding hydrogens is 278 g/mol. The largest absolute Gasteiger partial charge is 0.454 e. The van der Waals surface area contributed by atoms with Gasteiger partial charge in [-0.05, 0) is 24.5 Å². The van der Waals surface area contributed by atoms with E-state index in [9.17, 15) is 8.42 Å². The zero-order valence-corrected chi connectivity index (χ0v) is 12.3. The van der Waals surface area contributed by atoms with E-state index in [1.165, 1.54) is 6.26 Å². The van der Waals surface area contributed by atoms with E-state index >= 15 is 0 Å². The molecule has 0 radical (unpaired) electrons. The summed E-state index contributed by atoms with van der Waals surface area (Å²) in [6, 6.07) is 3.40. The van der Waals surface area contributed by atoms with E-state index in [4.69, 9.17) is 15.2 Å². The maximum atomic E-state index is 12.1. The fraction of sp³-hybridized carbons (Fsp3) is 0.571. The number of hydrogen-bond donors (Lipinski definition) is 1. The van der Waals surface area contributed by atoms with E-state index in [-0.39, 0.29) is 12.2 Å². The molecule has 5 nitrogen and oxygen atoms in total. The van der Waals surface area contributed by atoms with E-state index < -0.39 is 9.84 Å². The highest BCUT2D eigenvalue weighted by molar-refractivity contribution is 7.90. The molecule has 1 fully saturated rings. The highest BCUT2D eigenvalue weighted by atomic mass is 32.2. The molecule has 1 saturated carbocycles. The SMILES string of the molecule is CS(=O)(=O)c1cc2c(cc1C1(CN)CCCC1)OCO2. The zero-order valence-electron chi connectivity index (χ0n) is 11.5. The summed E-state index contributed by atoms with van der Waals surface area (Å²) >= 11 is 0. The summed E-state index contributed by atoms with van der Waals surface area (Å²) in [5, 5.41) is 0. The first-order valence-corrected chi connectivity index (χ1v) is 8.70. The molecule has 2 aliphatic rings. The van der Waals surface area contributed by atoms with Crippen LogP contribution in [0.25, 0.3) is 0 Å². The van der Waals surface area contributed by atoms with Crippen LogP contribution >= 0.6 is 0 Å². The van der Waals surface area contributed by atoms with E-state index in [0.717, 1.165) is 31.2 Å². The van der Waals surface area contributed by atoms with Crippen molar-refractivity contribution in [3.8, 4) is 11.5 Å². The predicted octanol–water partition coefficient (Wildman–Crippen LogP) is 1.59. The third-order valence-corrected chi connectivity index (χ3v) is 5.53. The molecule has 1 aliphatic carbocycles. The van der Waals surface area contributed by atoms with Gasteiger partial charge in [0.1, 0.15) is 0 Å². The Balaban J connectivity index is 2.23. The molecule has 1 aliphatic heterocycles. The van der Waals surface area contributed by atoms with E-state index in [1.807, 2.05) is 6.07 Å². The number of rotatable bonds is 3. The number of ether oxygens (including phenoxy) is 2. The third-order valence-electron chi connectivity index (χ3n) is 4.40. The fourth-order valence-corrected chi connectivity index (χ4v) is 4.28. The van der Waals surface area contributed by atoms with E-state index in [2.05, 4.69) is 0 Å². The average Bonchev–Trinajstić information content (AvgIpc) is 3.05. The van der Waals surface area contributed by atoms with Gasteiger partial charge >= 0.3 is 0 Å². The molecule has 20 heavy (non-hydrogen) atoms. The second-order valence-electron chi connectivity index (χ2n) is 5.67. The summed E-state index contributed by atoms with van der Waals surface area (Å²) < 4.78 is 35.0. The lowest BCUT2D eigenvalue weighted by Gasteiger charge is -2.30. The first-order chi connectivity index (χ1) is 9.46. The van der Waals surface area contributed by atoms with Crippen molar-refractivity contribution in [2.24, 2.45) is 5.73 Å². The van der Waals surface area contributed by atoms with Crippen molar-refractivity contribution in [2.75, 3.05) is 19.6 Å². The van der Waals surface area contributed by atoms with Gasteiger partial charge in [0.15, 0.2) is 21.3 Å². The van der Waals surface area contributed by atoms with Gasteiger partial charge in [-0.25, -0.2) is 8.42 Å². The molecule has 1 aromatic rings. The van der Waals surface area contributed by atoms with Gasteiger partial charge in [-0.3, -0.25) is 0 Å². The van der Waals surface area contributed by atoms with Crippen LogP contribution in [0, 0.1) is 0 Å². The van der Waals surface area contributed by atoms with Crippen molar-refractivity contribution in [3.63, 3.8) is 0 Å². The van der Waals surface area contributed by atoms with Crippen LogP contribution in [0.1, 0.15) is 31.2 Å². The third kappa shape index (κ3) is 2.07. The van der Waals surface area contributed by atoms with Crippen LogP contribution in [0.2, 0.25) is 0 Å². The number of fused-ring (bicyclic) bond motifs is 1. The zero-order chi connectivity index (χ0) is 14.4. The van der Waals surface area contributed by atoms with Gasteiger partial charge in [-0.15, -0.1) is 0 Å². The Kier molecular flexibility index (Phi) is 3.17. The van der Waals surface area contributed by atoms with Gasteiger partial charge in [-0.1, -0.05) is 12.8 Å². The molecule has 0 saturated heterocycles. The molecule has 0 spiro atoms. The van der Waals surface area contributed by atoms with Crippen LogP contribution in [-0.2, 0) is 15.3 Å². The summed E-state index contributed by atoms with van der Waals surface area (Å²) in [5.74, 6) is 1.12. The van der Waals surface area contributed by atoms with Gasteiger partial charge in [0, 0.05) is 24.3 Å². The minimum absolute atomic E-state index is 0.137. The van der Waals surface area contributed by atoms with Crippen LogP contribution in [0.5, 0.6) is 11.5 Å². The van der Waals surface area contributed by atoms with E-state index in [0.29, 0.717) is 22.9 Å². The molecule has 0 atom stereocenters. The lowest BCUT2D eigenvalue weighted by Crippen LogP contribution is -2.33. The van der Waals surface area contributed by atoms with Crippen molar-refractivity contribution < 1.29 is 17.9 Å². The van der Waals surface area contributed by atoms with Crippen LogP contribution in [0.3, 0.4) is 0 Å². The van der Waals surface area contributed by atoms with Crippen molar-refractivity contribution in [1.82, 2.24) is 0 Å². The van der Waals surface area contributed by atoms with Gasteiger partial charge in [0.05, 0.1) is 4.90 Å². The number of nitrogens with two attached hydrogens (primary N) is 1. The molecule has 3 rings (SSSR count). The van der Waals surface area contributed by atoms with Crippen LogP contribution in [-0.4, -0.2) is 28.0 Å². The predicted molar refractivity (Wildman–Crippen MR) is 74.9 cm³/mol. The van der Waals surface area contributed by atoms with Crippen LogP contribution < -0.4 is 15.2 Å². The van der Waals surface area contributed by atoms with Crippen LogP contribution in [0.4, 0.5) is 0 Å². The molecule has 0 amide bonds. The Morgan fingerprint density at radius 2 is 1.80 bits per heavy atom. The monoisotopic (exact) mass is 297 g/mol. The van der Waals surface area contributed by atoms with Gasteiger partial charge in [0.2, 0.25) is 6.79 Å². The first kappa shape index (κ1) is 13.7. The fourth-order valence-electron chi connectivity index (χ4n) is 3.28. The maximum Gasteiger partial charge on any atom is 0.231 e. The summed E-state index contributed by atoms with van der Waals surface area (Å²) in [5.41, 5.74) is 6.54. The van der Waals surface area contributed by atoms with Crippen LogP contribution in [0.15, 0.2) is 17.0 Å². The topological polar surface area (TPSA) is 78.6 Å². The average molecular weight is 297 g/mol. The molecule has 1 aromatic carbocycles. The maximum absolute atomic E-state index is 12.1. The first-order valence-electron chi connectivity index (χ1n) is 6.80. The summed E-state index contributed by atoms with van der Waals surface area (Å²) in [6.45, 7) is 0.590. The lowest BCUT2D eigenvalue weighted by molar-refractivity contribution is 0.174. The van der Waals surface area contributed by atoms with Crippen molar-refractivity contribution in [2.45, 2.75) is 36.0 Å². The molecule has 110 valence electrons. The van der Waals surface area contributed by atoms with Gasteiger partial charge < -0.3 is 15.2 Å². The molecule has 6 heteroatoms. The van der Waals surface area contributed by atoms with Gasteiger partial charge in [-0.2, -0.15) is 0 Å². The molecule has 0 aromatic heterocycles. The molecule has 0 unspecified atom stereocenters. The van der Waals surface area contributed by atoms with Crippen molar-refractivity contribution in [3.05, 3.63) is 17.7 Å². The highest BCUT2D eigenvalue weighted by Crippen LogP contribution is 2.47. The Morgan fingerprint density at radius 1 is 1.20 bits per heavy atom. The Morgan fingerprint density at radius 3 is 2.35 bits per heavy atom. The minimum Gasteiger partial charge on any atom is -0.454 e. The Bertz CT molecular complexity index is 633. The molecule has 1 heterocycles. The molecule has 0 bridgehead atoms. The van der Waals surface area contributed by atoms with Gasteiger partial charge in [0.25, 0.3) is 0 Å². The summed E-state index contributed by atoms with van der Waals surface area (Å²) in [7, 11) is -3.33. The van der Waals surface area contributed by atoms with E-state index in [1.54, 1.807) is 6.07 Å².